The van der Waals surface area contributed by atoms with Crippen molar-refractivity contribution < 1.29 is 9.59 Å². The molecular formula is C21H32N4O2. The van der Waals surface area contributed by atoms with Gasteiger partial charge in [-0.15, -0.1) is 0 Å². The average molecular weight is 373 g/mol. The molecule has 27 heavy (non-hydrogen) atoms. The van der Waals surface area contributed by atoms with Crippen LogP contribution in [0, 0.1) is 18.8 Å². The molecule has 6 heteroatoms. The van der Waals surface area contributed by atoms with E-state index in [1.54, 1.807) is 0 Å². The second-order valence-electron chi connectivity index (χ2n) is 8.62. The van der Waals surface area contributed by atoms with Gasteiger partial charge in [0.2, 0.25) is 11.8 Å². The number of amides is 2. The molecule has 4 rings (SSSR count). The maximum Gasteiger partial charge on any atom is 0.227 e. The lowest BCUT2D eigenvalue weighted by molar-refractivity contribution is -0.145. The minimum absolute atomic E-state index is 0.00995. The van der Waals surface area contributed by atoms with Crippen molar-refractivity contribution in [2.75, 3.05) is 19.6 Å². The van der Waals surface area contributed by atoms with Crippen LogP contribution in [0.4, 0.5) is 0 Å². The highest BCUT2D eigenvalue weighted by Crippen LogP contribution is 2.30. The summed E-state index contributed by atoms with van der Waals surface area (Å²) in [6.45, 7) is 5.40. The average Bonchev–Trinajstić information content (AvgIpc) is 3.35. The van der Waals surface area contributed by atoms with Gasteiger partial charge in [0.15, 0.2) is 0 Å². The zero-order valence-corrected chi connectivity index (χ0v) is 16.5. The van der Waals surface area contributed by atoms with E-state index in [0.29, 0.717) is 24.9 Å². The van der Waals surface area contributed by atoms with Gasteiger partial charge < -0.3 is 14.4 Å². The smallest absolute Gasteiger partial charge is 0.227 e. The Labute approximate surface area is 161 Å². The lowest BCUT2D eigenvalue weighted by atomic mass is 9.91. The number of hydrogen-bond donors (Lipinski definition) is 0. The van der Waals surface area contributed by atoms with Gasteiger partial charge in [-0.1, -0.05) is 12.8 Å². The van der Waals surface area contributed by atoms with Gasteiger partial charge in [-0.2, -0.15) is 0 Å². The first-order valence-corrected chi connectivity index (χ1v) is 10.7. The molecule has 0 bridgehead atoms. The molecule has 1 saturated carbocycles. The molecule has 0 spiro atoms. The van der Waals surface area contributed by atoms with Crippen LogP contribution in [0.1, 0.15) is 57.2 Å². The predicted molar refractivity (Wildman–Crippen MR) is 103 cm³/mol. The van der Waals surface area contributed by atoms with E-state index in [1.807, 2.05) is 24.2 Å². The molecule has 0 unspecified atom stereocenters. The molecule has 1 aliphatic carbocycles. The summed E-state index contributed by atoms with van der Waals surface area (Å²) >= 11 is 0. The van der Waals surface area contributed by atoms with Gasteiger partial charge in [-0.3, -0.25) is 9.59 Å². The SMILES string of the molecule is Cc1nccn1CC1CCN(C(=O)[C@@H]2CCC(=O)N(C3CCCC3)C2)CC1. The summed E-state index contributed by atoms with van der Waals surface area (Å²) in [7, 11) is 0. The number of hydrogen-bond acceptors (Lipinski definition) is 3. The molecule has 148 valence electrons. The molecule has 0 N–H and O–H groups in total. The van der Waals surface area contributed by atoms with E-state index in [4.69, 9.17) is 0 Å². The molecule has 3 aliphatic rings. The third kappa shape index (κ3) is 4.04. The molecule has 2 aliphatic heterocycles. The summed E-state index contributed by atoms with van der Waals surface area (Å²) in [6, 6.07) is 0.386. The lowest BCUT2D eigenvalue weighted by Gasteiger charge is -2.39. The Morgan fingerprint density at radius 2 is 1.89 bits per heavy atom. The third-order valence-corrected chi connectivity index (χ3v) is 6.86. The number of likely N-dealkylation sites (tertiary alicyclic amines) is 2. The summed E-state index contributed by atoms with van der Waals surface area (Å²) in [5, 5.41) is 0. The second-order valence-corrected chi connectivity index (χ2v) is 8.62. The van der Waals surface area contributed by atoms with E-state index in [-0.39, 0.29) is 17.7 Å². The fourth-order valence-corrected chi connectivity index (χ4v) is 5.11. The van der Waals surface area contributed by atoms with Crippen LogP contribution in [0.25, 0.3) is 0 Å². The highest BCUT2D eigenvalue weighted by atomic mass is 16.2. The van der Waals surface area contributed by atoms with Crippen LogP contribution in [-0.2, 0) is 16.1 Å². The molecule has 3 fully saturated rings. The maximum atomic E-state index is 13.1. The van der Waals surface area contributed by atoms with Crippen LogP contribution in [-0.4, -0.2) is 56.8 Å². The Kier molecular flexibility index (Phi) is 5.50. The molecule has 2 amide bonds. The fraction of sp³-hybridized carbons (Fsp3) is 0.762. The summed E-state index contributed by atoms with van der Waals surface area (Å²) < 4.78 is 2.22. The molecular weight excluding hydrogens is 340 g/mol. The summed E-state index contributed by atoms with van der Waals surface area (Å²) in [5.74, 6) is 2.23. The van der Waals surface area contributed by atoms with E-state index < -0.39 is 0 Å². The standard InChI is InChI=1S/C21H32N4O2/c1-16-22-10-13-24(16)14-17-8-11-23(12-9-17)21(27)18-6-7-20(26)25(15-18)19-4-2-3-5-19/h10,13,17-19H,2-9,11-12,14-15H2,1H3/t18-/m1/s1. The molecule has 3 heterocycles. The van der Waals surface area contributed by atoms with Gasteiger partial charge in [-0.05, 0) is 44.9 Å². The van der Waals surface area contributed by atoms with Gasteiger partial charge >= 0.3 is 0 Å². The molecule has 0 radical (unpaired) electrons. The molecule has 1 aromatic rings. The highest BCUT2D eigenvalue weighted by molar-refractivity contribution is 5.84. The first-order valence-electron chi connectivity index (χ1n) is 10.7. The minimum atomic E-state index is 0.00995. The Balaban J connectivity index is 1.29. The van der Waals surface area contributed by atoms with Crippen LogP contribution in [0.15, 0.2) is 12.4 Å². The number of imidazole rings is 1. The Morgan fingerprint density at radius 3 is 2.56 bits per heavy atom. The first-order chi connectivity index (χ1) is 13.1. The van der Waals surface area contributed by atoms with Crippen molar-refractivity contribution in [3.63, 3.8) is 0 Å². The molecule has 6 nitrogen and oxygen atoms in total. The van der Waals surface area contributed by atoms with E-state index >= 15 is 0 Å². The van der Waals surface area contributed by atoms with Crippen molar-refractivity contribution in [3.05, 3.63) is 18.2 Å². The minimum Gasteiger partial charge on any atom is -0.342 e. The summed E-state index contributed by atoms with van der Waals surface area (Å²) in [5.41, 5.74) is 0. The van der Waals surface area contributed by atoms with Crippen molar-refractivity contribution in [2.24, 2.45) is 11.8 Å². The topological polar surface area (TPSA) is 58.4 Å². The number of aromatic nitrogens is 2. The van der Waals surface area contributed by atoms with E-state index in [0.717, 1.165) is 57.6 Å². The van der Waals surface area contributed by atoms with Crippen molar-refractivity contribution >= 4 is 11.8 Å². The van der Waals surface area contributed by atoms with Gasteiger partial charge in [-0.25, -0.2) is 4.98 Å². The van der Waals surface area contributed by atoms with Crippen LogP contribution < -0.4 is 0 Å². The summed E-state index contributed by atoms with van der Waals surface area (Å²) in [6.07, 6.45) is 12.0. The van der Waals surface area contributed by atoms with Gasteiger partial charge in [0.1, 0.15) is 5.82 Å². The van der Waals surface area contributed by atoms with Crippen LogP contribution >= 0.6 is 0 Å². The Bertz CT molecular complexity index is 671. The number of carbonyl (C=O) groups is 2. The van der Waals surface area contributed by atoms with Crippen molar-refractivity contribution in [3.8, 4) is 0 Å². The highest BCUT2D eigenvalue weighted by Gasteiger charge is 2.37. The van der Waals surface area contributed by atoms with Gasteiger partial charge in [0.25, 0.3) is 0 Å². The third-order valence-electron chi connectivity index (χ3n) is 6.86. The molecule has 0 aromatic carbocycles. The predicted octanol–water partition coefficient (Wildman–Crippen LogP) is 2.61. The maximum absolute atomic E-state index is 13.1. The van der Waals surface area contributed by atoms with Crippen molar-refractivity contribution in [1.29, 1.82) is 0 Å². The normalized spacial score (nSPS) is 25.4. The Morgan fingerprint density at radius 1 is 1.15 bits per heavy atom. The number of aryl methyl sites for hydroxylation is 1. The number of piperidine rings is 2. The summed E-state index contributed by atoms with van der Waals surface area (Å²) in [4.78, 5) is 33.8. The van der Waals surface area contributed by atoms with Crippen molar-refractivity contribution in [2.45, 2.75) is 70.9 Å². The largest absolute Gasteiger partial charge is 0.342 e. The van der Waals surface area contributed by atoms with E-state index in [9.17, 15) is 9.59 Å². The second kappa shape index (κ2) is 8.03. The van der Waals surface area contributed by atoms with Crippen LogP contribution in [0.3, 0.4) is 0 Å². The van der Waals surface area contributed by atoms with E-state index in [2.05, 4.69) is 14.5 Å². The van der Waals surface area contributed by atoms with Crippen molar-refractivity contribution in [1.82, 2.24) is 19.4 Å². The fourth-order valence-electron chi connectivity index (χ4n) is 5.11. The van der Waals surface area contributed by atoms with Gasteiger partial charge in [0, 0.05) is 51.0 Å². The molecule has 1 aromatic heterocycles. The monoisotopic (exact) mass is 372 g/mol. The number of carbonyl (C=O) groups excluding carboxylic acids is 2. The first kappa shape index (κ1) is 18.5. The van der Waals surface area contributed by atoms with E-state index in [1.165, 1.54) is 12.8 Å². The lowest BCUT2D eigenvalue weighted by Crippen LogP contribution is -2.51. The molecule has 2 saturated heterocycles. The number of rotatable bonds is 4. The van der Waals surface area contributed by atoms with Gasteiger partial charge in [0.05, 0.1) is 5.92 Å². The van der Waals surface area contributed by atoms with Crippen LogP contribution in [0.2, 0.25) is 0 Å². The number of nitrogens with zero attached hydrogens (tertiary/aromatic N) is 4. The zero-order valence-electron chi connectivity index (χ0n) is 16.5. The quantitative estimate of drug-likeness (QED) is 0.816. The Hall–Kier alpha value is -1.85. The van der Waals surface area contributed by atoms with Crippen LogP contribution in [0.5, 0.6) is 0 Å². The molecule has 1 atom stereocenters. The zero-order chi connectivity index (χ0) is 18.8.